The van der Waals surface area contributed by atoms with Crippen molar-refractivity contribution in [2.75, 3.05) is 19.0 Å². The first-order valence-electron chi connectivity index (χ1n) is 6.72. The van der Waals surface area contributed by atoms with Gasteiger partial charge in [0.25, 0.3) is 0 Å². The molecule has 1 rings (SSSR count). The lowest BCUT2D eigenvalue weighted by molar-refractivity contribution is -0.141. The first kappa shape index (κ1) is 18.9. The van der Waals surface area contributed by atoms with Crippen molar-refractivity contribution >= 4 is 17.6 Å². The van der Waals surface area contributed by atoms with E-state index in [1.54, 1.807) is 6.92 Å². The summed E-state index contributed by atoms with van der Waals surface area (Å²) in [6, 6.07) is 5.81. The Balaban J connectivity index is 0.000000690. The van der Waals surface area contributed by atoms with Crippen molar-refractivity contribution in [1.29, 1.82) is 0 Å². The Morgan fingerprint density at radius 3 is 2.43 bits per heavy atom. The van der Waals surface area contributed by atoms with Crippen molar-refractivity contribution < 1.29 is 19.4 Å². The SMILES string of the molecule is CCc1cccc(C)c1N[C@@H](C)C(=O)OC.NCC(=O)O. The number of nitrogens with one attached hydrogen (secondary N) is 1. The average molecular weight is 296 g/mol. The largest absolute Gasteiger partial charge is 0.480 e. The number of benzene rings is 1. The molecular formula is C15H24N2O4. The Kier molecular flexibility index (Phi) is 8.80. The van der Waals surface area contributed by atoms with E-state index < -0.39 is 5.97 Å². The molecule has 0 aliphatic rings. The summed E-state index contributed by atoms with van der Waals surface area (Å²) in [7, 11) is 1.40. The molecule has 1 aromatic rings. The minimum absolute atomic E-state index is 0.245. The summed E-state index contributed by atoms with van der Waals surface area (Å²) in [6.45, 7) is 5.66. The van der Waals surface area contributed by atoms with Gasteiger partial charge >= 0.3 is 11.9 Å². The summed E-state index contributed by atoms with van der Waals surface area (Å²) in [6.07, 6.45) is 0.942. The van der Waals surface area contributed by atoms with Crippen LogP contribution < -0.4 is 11.1 Å². The lowest BCUT2D eigenvalue weighted by Crippen LogP contribution is -2.28. The number of ether oxygens (including phenoxy) is 1. The Morgan fingerprint density at radius 2 is 2.00 bits per heavy atom. The number of esters is 1. The molecule has 6 heteroatoms. The number of para-hydroxylation sites is 1. The summed E-state index contributed by atoms with van der Waals surface area (Å²) in [5.41, 5.74) is 7.98. The number of carboxylic acid groups (broad SMARTS) is 1. The molecule has 0 bridgehead atoms. The molecule has 0 heterocycles. The van der Waals surface area contributed by atoms with E-state index in [2.05, 4.69) is 24.0 Å². The van der Waals surface area contributed by atoms with Gasteiger partial charge in [-0.05, 0) is 31.4 Å². The van der Waals surface area contributed by atoms with Crippen LogP contribution in [0.25, 0.3) is 0 Å². The molecule has 1 atom stereocenters. The summed E-state index contributed by atoms with van der Waals surface area (Å²) < 4.78 is 4.70. The number of methoxy groups -OCH3 is 1. The maximum Gasteiger partial charge on any atom is 0.327 e. The van der Waals surface area contributed by atoms with E-state index in [1.165, 1.54) is 12.7 Å². The highest BCUT2D eigenvalue weighted by atomic mass is 16.5. The number of hydrogen-bond donors (Lipinski definition) is 3. The Hall–Kier alpha value is -2.08. The van der Waals surface area contributed by atoms with E-state index in [9.17, 15) is 9.59 Å². The van der Waals surface area contributed by atoms with Gasteiger partial charge in [0.1, 0.15) is 6.04 Å². The van der Waals surface area contributed by atoms with Gasteiger partial charge in [0.15, 0.2) is 0 Å². The molecule has 0 aliphatic heterocycles. The number of rotatable bonds is 5. The summed E-state index contributed by atoms with van der Waals surface area (Å²) in [5.74, 6) is -1.21. The average Bonchev–Trinajstić information content (AvgIpc) is 2.48. The summed E-state index contributed by atoms with van der Waals surface area (Å²) in [4.78, 5) is 20.6. The topological polar surface area (TPSA) is 102 Å². The van der Waals surface area contributed by atoms with Crippen LogP contribution in [0, 0.1) is 6.92 Å². The van der Waals surface area contributed by atoms with Gasteiger partial charge in [0.2, 0.25) is 0 Å². The number of carboxylic acids is 1. The van der Waals surface area contributed by atoms with E-state index in [-0.39, 0.29) is 18.6 Å². The minimum Gasteiger partial charge on any atom is -0.480 e. The zero-order valence-electron chi connectivity index (χ0n) is 13.0. The zero-order valence-corrected chi connectivity index (χ0v) is 13.0. The maximum atomic E-state index is 11.3. The molecule has 0 unspecified atom stereocenters. The van der Waals surface area contributed by atoms with Crippen LogP contribution in [0.5, 0.6) is 0 Å². The van der Waals surface area contributed by atoms with Crippen molar-refractivity contribution in [3.8, 4) is 0 Å². The zero-order chi connectivity index (χ0) is 16.4. The van der Waals surface area contributed by atoms with Gasteiger partial charge < -0.3 is 20.9 Å². The highest BCUT2D eigenvalue weighted by molar-refractivity contribution is 5.79. The number of anilines is 1. The van der Waals surface area contributed by atoms with E-state index in [4.69, 9.17) is 9.84 Å². The fourth-order valence-electron chi connectivity index (χ4n) is 1.68. The summed E-state index contributed by atoms with van der Waals surface area (Å²) >= 11 is 0. The third-order valence-electron chi connectivity index (χ3n) is 2.83. The number of aliphatic carboxylic acids is 1. The monoisotopic (exact) mass is 296 g/mol. The van der Waals surface area contributed by atoms with Gasteiger partial charge in [-0.3, -0.25) is 4.79 Å². The highest BCUT2D eigenvalue weighted by Crippen LogP contribution is 2.21. The second-order valence-electron chi connectivity index (χ2n) is 4.45. The number of carbonyl (C=O) groups excluding carboxylic acids is 1. The quantitative estimate of drug-likeness (QED) is 0.713. The van der Waals surface area contributed by atoms with Crippen molar-refractivity contribution in [2.24, 2.45) is 5.73 Å². The lowest BCUT2D eigenvalue weighted by Gasteiger charge is -2.18. The van der Waals surface area contributed by atoms with Gasteiger partial charge in [0, 0.05) is 5.69 Å². The van der Waals surface area contributed by atoms with Gasteiger partial charge in [-0.1, -0.05) is 25.1 Å². The molecule has 118 valence electrons. The van der Waals surface area contributed by atoms with Crippen molar-refractivity contribution in [3.63, 3.8) is 0 Å². The second-order valence-corrected chi connectivity index (χ2v) is 4.45. The van der Waals surface area contributed by atoms with Crippen LogP contribution in [-0.4, -0.2) is 36.7 Å². The molecular weight excluding hydrogens is 272 g/mol. The van der Waals surface area contributed by atoms with Crippen molar-refractivity contribution in [2.45, 2.75) is 33.2 Å². The van der Waals surface area contributed by atoms with Crippen molar-refractivity contribution in [1.82, 2.24) is 0 Å². The molecule has 0 aromatic heterocycles. The summed E-state index contributed by atoms with van der Waals surface area (Å²) in [5, 5.41) is 10.8. The predicted molar refractivity (Wildman–Crippen MR) is 82.3 cm³/mol. The van der Waals surface area contributed by atoms with Gasteiger partial charge in [0.05, 0.1) is 13.7 Å². The molecule has 6 nitrogen and oxygen atoms in total. The Bertz CT molecular complexity index is 475. The van der Waals surface area contributed by atoms with E-state index in [0.717, 1.165) is 17.7 Å². The first-order chi connectivity index (χ1) is 9.87. The molecule has 0 saturated heterocycles. The van der Waals surface area contributed by atoms with Crippen LogP contribution >= 0.6 is 0 Å². The van der Waals surface area contributed by atoms with Gasteiger partial charge in [-0.25, -0.2) is 4.79 Å². The number of aryl methyl sites for hydroxylation is 2. The standard InChI is InChI=1S/C13H19NO2.C2H5NO2/c1-5-11-8-6-7-9(2)12(11)14-10(3)13(15)16-4;3-1-2(4)5/h6-8,10,14H,5H2,1-4H3;1,3H2,(H,4,5)/t10-;/m0./s1. The maximum absolute atomic E-state index is 11.3. The molecule has 21 heavy (non-hydrogen) atoms. The minimum atomic E-state index is -0.968. The first-order valence-corrected chi connectivity index (χ1v) is 6.72. The molecule has 0 radical (unpaired) electrons. The molecule has 0 saturated carbocycles. The molecule has 0 aliphatic carbocycles. The van der Waals surface area contributed by atoms with E-state index >= 15 is 0 Å². The fourth-order valence-corrected chi connectivity index (χ4v) is 1.68. The van der Waals surface area contributed by atoms with Crippen LogP contribution in [0.2, 0.25) is 0 Å². The second kappa shape index (κ2) is 9.77. The Labute approximate surface area is 125 Å². The molecule has 4 N–H and O–H groups in total. The number of carbonyl (C=O) groups is 2. The third-order valence-corrected chi connectivity index (χ3v) is 2.83. The molecule has 0 spiro atoms. The normalized spacial score (nSPS) is 10.9. The van der Waals surface area contributed by atoms with Gasteiger partial charge in [-0.15, -0.1) is 0 Å². The van der Waals surface area contributed by atoms with Crippen molar-refractivity contribution in [3.05, 3.63) is 29.3 Å². The third kappa shape index (κ3) is 6.76. The van der Waals surface area contributed by atoms with Crippen LogP contribution in [-0.2, 0) is 20.7 Å². The highest BCUT2D eigenvalue weighted by Gasteiger charge is 2.14. The van der Waals surface area contributed by atoms with E-state index in [0.29, 0.717) is 0 Å². The number of nitrogens with two attached hydrogens (primary N) is 1. The molecule has 0 amide bonds. The smallest absolute Gasteiger partial charge is 0.327 e. The van der Waals surface area contributed by atoms with E-state index in [1.807, 2.05) is 19.1 Å². The Morgan fingerprint density at radius 1 is 1.43 bits per heavy atom. The van der Waals surface area contributed by atoms with Crippen LogP contribution in [0.1, 0.15) is 25.0 Å². The number of hydrogen-bond acceptors (Lipinski definition) is 5. The van der Waals surface area contributed by atoms with Crippen LogP contribution in [0.3, 0.4) is 0 Å². The van der Waals surface area contributed by atoms with Crippen LogP contribution in [0.15, 0.2) is 18.2 Å². The lowest BCUT2D eigenvalue weighted by atomic mass is 10.1. The van der Waals surface area contributed by atoms with Crippen LogP contribution in [0.4, 0.5) is 5.69 Å². The predicted octanol–water partition coefficient (Wildman–Crippen LogP) is 1.56. The molecule has 0 fully saturated rings. The fraction of sp³-hybridized carbons (Fsp3) is 0.467. The molecule has 1 aromatic carbocycles. The van der Waals surface area contributed by atoms with Gasteiger partial charge in [-0.2, -0.15) is 0 Å².